The minimum atomic E-state index is -3.59. The first-order valence-electron chi connectivity index (χ1n) is 7.78. The zero-order chi connectivity index (χ0) is 18.7. The lowest BCUT2D eigenvalue weighted by atomic mass is 10.2. The number of hydrogen-bond acceptors (Lipinski definition) is 5. The third-order valence-corrected chi connectivity index (χ3v) is 7.25. The Morgan fingerprint density at radius 3 is 2.65 bits per heavy atom. The number of amides is 1. The number of sulfonamides is 1. The molecule has 0 radical (unpaired) electrons. The number of nitrogens with zero attached hydrogens (tertiary/aromatic N) is 1. The van der Waals surface area contributed by atoms with E-state index in [2.05, 4.69) is 5.32 Å². The van der Waals surface area contributed by atoms with Crippen molar-refractivity contribution in [1.82, 2.24) is 9.62 Å². The molecule has 0 unspecified atom stereocenters. The number of thiophene rings is 1. The van der Waals surface area contributed by atoms with Crippen LogP contribution in [0.4, 0.5) is 8.78 Å². The molecule has 1 aromatic carbocycles. The van der Waals surface area contributed by atoms with Gasteiger partial charge in [0.05, 0.1) is 25.3 Å². The molecule has 1 aromatic heterocycles. The molecule has 10 heteroatoms. The van der Waals surface area contributed by atoms with Gasteiger partial charge in [-0.1, -0.05) is 0 Å². The molecule has 2 heterocycles. The standard InChI is InChI=1S/C16H16F2N2O4S2/c17-11-1-3-14(18)13(9-11)16(21)19-10-12-2-4-15(25-12)26(22,23)20-5-7-24-8-6-20/h1-4,9H,5-8,10H2,(H,19,21). The molecule has 26 heavy (non-hydrogen) atoms. The third-order valence-electron chi connectivity index (χ3n) is 3.80. The molecule has 6 nitrogen and oxygen atoms in total. The Hall–Kier alpha value is -1.88. The highest BCUT2D eigenvalue weighted by molar-refractivity contribution is 7.91. The van der Waals surface area contributed by atoms with Gasteiger partial charge in [0, 0.05) is 18.0 Å². The van der Waals surface area contributed by atoms with Gasteiger partial charge >= 0.3 is 0 Å². The zero-order valence-electron chi connectivity index (χ0n) is 13.6. The van der Waals surface area contributed by atoms with Crippen molar-refractivity contribution in [2.75, 3.05) is 26.3 Å². The number of carbonyl (C=O) groups excluding carboxylic acids is 1. The summed E-state index contributed by atoms with van der Waals surface area (Å²) in [6.45, 7) is 1.31. The van der Waals surface area contributed by atoms with E-state index in [4.69, 9.17) is 4.74 Å². The molecule has 1 amide bonds. The van der Waals surface area contributed by atoms with Gasteiger partial charge in [0.25, 0.3) is 15.9 Å². The van der Waals surface area contributed by atoms with E-state index in [0.29, 0.717) is 31.2 Å². The van der Waals surface area contributed by atoms with Gasteiger partial charge in [0.15, 0.2) is 0 Å². The van der Waals surface area contributed by atoms with Crippen LogP contribution in [0.3, 0.4) is 0 Å². The Bertz CT molecular complexity index is 909. The summed E-state index contributed by atoms with van der Waals surface area (Å²) >= 11 is 1.03. The molecule has 0 spiro atoms. The van der Waals surface area contributed by atoms with Crippen molar-refractivity contribution in [3.05, 3.63) is 52.4 Å². The maximum absolute atomic E-state index is 13.6. The SMILES string of the molecule is O=C(NCc1ccc(S(=O)(=O)N2CCOCC2)s1)c1cc(F)ccc1F. The number of carbonyl (C=O) groups is 1. The number of morpholine rings is 1. The molecule has 140 valence electrons. The van der Waals surface area contributed by atoms with Crippen LogP contribution in [0.1, 0.15) is 15.2 Å². The Morgan fingerprint density at radius 1 is 1.19 bits per heavy atom. The predicted molar refractivity (Wildman–Crippen MR) is 91.4 cm³/mol. The van der Waals surface area contributed by atoms with Crippen molar-refractivity contribution < 1.29 is 26.7 Å². The van der Waals surface area contributed by atoms with Gasteiger partial charge in [0.2, 0.25) is 0 Å². The zero-order valence-corrected chi connectivity index (χ0v) is 15.2. The lowest BCUT2D eigenvalue weighted by Gasteiger charge is -2.25. The van der Waals surface area contributed by atoms with E-state index in [1.807, 2.05) is 0 Å². The van der Waals surface area contributed by atoms with Crippen LogP contribution in [0.25, 0.3) is 0 Å². The van der Waals surface area contributed by atoms with E-state index >= 15 is 0 Å². The van der Waals surface area contributed by atoms with Crippen LogP contribution >= 0.6 is 11.3 Å². The molecular weight excluding hydrogens is 386 g/mol. The number of hydrogen-bond donors (Lipinski definition) is 1. The number of benzene rings is 1. The summed E-state index contributed by atoms with van der Waals surface area (Å²) in [5.74, 6) is -2.31. The summed E-state index contributed by atoms with van der Waals surface area (Å²) in [6, 6.07) is 5.67. The second-order valence-corrected chi connectivity index (χ2v) is 8.88. The van der Waals surface area contributed by atoms with Crippen LogP contribution in [0.15, 0.2) is 34.5 Å². The summed E-state index contributed by atoms with van der Waals surface area (Å²) in [5.41, 5.74) is -0.400. The first-order valence-corrected chi connectivity index (χ1v) is 10.0. The maximum Gasteiger partial charge on any atom is 0.254 e. The van der Waals surface area contributed by atoms with Gasteiger partial charge in [-0.25, -0.2) is 17.2 Å². The normalized spacial score (nSPS) is 15.8. The lowest BCUT2D eigenvalue weighted by molar-refractivity contribution is 0.0731. The number of rotatable bonds is 5. The van der Waals surface area contributed by atoms with E-state index in [9.17, 15) is 22.0 Å². The molecule has 0 atom stereocenters. The van der Waals surface area contributed by atoms with E-state index in [-0.39, 0.29) is 10.8 Å². The predicted octanol–water partition coefficient (Wildman–Crippen LogP) is 1.98. The molecule has 0 aliphatic carbocycles. The second kappa shape index (κ2) is 7.78. The minimum absolute atomic E-state index is 0.0120. The van der Waals surface area contributed by atoms with Gasteiger partial charge in [-0.2, -0.15) is 4.31 Å². The average Bonchev–Trinajstić information content (AvgIpc) is 3.12. The number of nitrogens with one attached hydrogen (secondary N) is 1. The molecule has 3 rings (SSSR count). The summed E-state index contributed by atoms with van der Waals surface area (Å²) in [7, 11) is -3.59. The lowest BCUT2D eigenvalue weighted by Crippen LogP contribution is -2.40. The van der Waals surface area contributed by atoms with Crippen LogP contribution in [0, 0.1) is 11.6 Å². The Kier molecular flexibility index (Phi) is 5.66. The van der Waals surface area contributed by atoms with E-state index in [1.54, 1.807) is 6.07 Å². The molecule has 1 aliphatic heterocycles. The van der Waals surface area contributed by atoms with E-state index < -0.39 is 33.1 Å². The fourth-order valence-corrected chi connectivity index (χ4v) is 5.30. The molecular formula is C16H16F2N2O4S2. The Labute approximate surface area is 153 Å². The minimum Gasteiger partial charge on any atom is -0.379 e. The van der Waals surface area contributed by atoms with Gasteiger partial charge in [-0.05, 0) is 30.3 Å². The van der Waals surface area contributed by atoms with Crippen LogP contribution in [-0.2, 0) is 21.3 Å². The summed E-state index contributed by atoms with van der Waals surface area (Å²) in [4.78, 5) is 12.6. The van der Waals surface area contributed by atoms with Crippen molar-refractivity contribution in [1.29, 1.82) is 0 Å². The number of ether oxygens (including phenoxy) is 1. The van der Waals surface area contributed by atoms with Crippen LogP contribution < -0.4 is 5.32 Å². The smallest absolute Gasteiger partial charge is 0.254 e. The maximum atomic E-state index is 13.6. The average molecular weight is 402 g/mol. The van der Waals surface area contributed by atoms with Gasteiger partial charge < -0.3 is 10.1 Å². The number of halogens is 2. The summed E-state index contributed by atoms with van der Waals surface area (Å²) < 4.78 is 58.5. The first-order chi connectivity index (χ1) is 12.4. The highest BCUT2D eigenvalue weighted by Crippen LogP contribution is 2.25. The Balaban J connectivity index is 1.67. The van der Waals surface area contributed by atoms with Gasteiger partial charge in [-0.3, -0.25) is 4.79 Å². The van der Waals surface area contributed by atoms with E-state index in [0.717, 1.165) is 29.5 Å². The largest absolute Gasteiger partial charge is 0.379 e. The quantitative estimate of drug-likeness (QED) is 0.830. The molecule has 1 fully saturated rings. The molecule has 0 bridgehead atoms. The third kappa shape index (κ3) is 4.09. The molecule has 0 saturated carbocycles. The first kappa shape index (κ1) is 18.9. The van der Waals surface area contributed by atoms with Crippen molar-refractivity contribution in [3.8, 4) is 0 Å². The molecule has 1 N–H and O–H groups in total. The monoisotopic (exact) mass is 402 g/mol. The molecule has 2 aromatic rings. The summed E-state index contributed by atoms with van der Waals surface area (Å²) in [6.07, 6.45) is 0. The topological polar surface area (TPSA) is 75.7 Å². The van der Waals surface area contributed by atoms with E-state index in [1.165, 1.54) is 10.4 Å². The fraction of sp³-hybridized carbons (Fsp3) is 0.312. The second-order valence-electron chi connectivity index (χ2n) is 5.54. The van der Waals surface area contributed by atoms with Crippen molar-refractivity contribution in [3.63, 3.8) is 0 Å². The van der Waals surface area contributed by atoms with Crippen molar-refractivity contribution in [2.45, 2.75) is 10.8 Å². The fourth-order valence-electron chi connectivity index (χ4n) is 2.44. The van der Waals surface area contributed by atoms with Crippen LogP contribution in [0.2, 0.25) is 0 Å². The molecule has 1 saturated heterocycles. The highest BCUT2D eigenvalue weighted by Gasteiger charge is 2.27. The van der Waals surface area contributed by atoms with Crippen molar-refractivity contribution in [2.24, 2.45) is 0 Å². The Morgan fingerprint density at radius 2 is 1.92 bits per heavy atom. The highest BCUT2D eigenvalue weighted by atomic mass is 32.2. The van der Waals surface area contributed by atoms with Crippen molar-refractivity contribution >= 4 is 27.3 Å². The van der Waals surface area contributed by atoms with Crippen LogP contribution in [-0.4, -0.2) is 44.9 Å². The van der Waals surface area contributed by atoms with Crippen LogP contribution in [0.5, 0.6) is 0 Å². The van der Waals surface area contributed by atoms with Gasteiger partial charge in [0.1, 0.15) is 15.8 Å². The van der Waals surface area contributed by atoms with Gasteiger partial charge in [-0.15, -0.1) is 11.3 Å². The molecule has 1 aliphatic rings. The summed E-state index contributed by atoms with van der Waals surface area (Å²) in [5, 5.41) is 2.46.